The first-order chi connectivity index (χ1) is 22.5. The molecule has 258 valence electrons. The molecule has 0 aliphatic carbocycles. The van der Waals surface area contributed by atoms with E-state index in [9.17, 15) is 23.6 Å². The van der Waals surface area contributed by atoms with E-state index in [1.54, 1.807) is 30.2 Å². The molecule has 1 aromatic carbocycles. The lowest BCUT2D eigenvalue weighted by Gasteiger charge is -2.40. The second kappa shape index (κ2) is 18.8. The number of ether oxygens (including phenoxy) is 3. The van der Waals surface area contributed by atoms with Gasteiger partial charge in [-0.3, -0.25) is 9.59 Å². The number of benzene rings is 1. The number of aliphatic carboxylic acids is 2. The third-order valence-electron chi connectivity index (χ3n) is 7.35. The molecule has 2 aliphatic rings. The van der Waals surface area contributed by atoms with Crippen molar-refractivity contribution in [2.45, 2.75) is 32.9 Å². The molecular weight excluding hydrogens is 619 g/mol. The van der Waals surface area contributed by atoms with Crippen molar-refractivity contribution in [3.8, 4) is 5.69 Å². The lowest BCUT2D eigenvalue weighted by molar-refractivity contribution is -0.140. The highest BCUT2D eigenvalue weighted by Crippen LogP contribution is 2.24. The predicted molar refractivity (Wildman–Crippen MR) is 165 cm³/mol. The maximum atomic E-state index is 14.7. The van der Waals surface area contributed by atoms with E-state index in [0.717, 1.165) is 0 Å². The molecule has 2 atom stereocenters. The van der Waals surface area contributed by atoms with Crippen LogP contribution in [0.3, 0.4) is 0 Å². The van der Waals surface area contributed by atoms with Crippen LogP contribution in [0.4, 0.5) is 4.39 Å². The fraction of sp³-hybridized carbons (Fsp3) is 0.548. The van der Waals surface area contributed by atoms with Crippen LogP contribution in [0.25, 0.3) is 5.69 Å². The zero-order valence-corrected chi connectivity index (χ0v) is 26.8. The summed E-state index contributed by atoms with van der Waals surface area (Å²) in [7, 11) is 1.57. The first kappa shape index (κ1) is 37.2. The zero-order chi connectivity index (χ0) is 34.3. The lowest BCUT2D eigenvalue weighted by Crippen LogP contribution is -2.56. The zero-order valence-electron chi connectivity index (χ0n) is 26.8. The van der Waals surface area contributed by atoms with Crippen LogP contribution in [0, 0.1) is 17.7 Å². The standard InChI is InChI=1S/C27H39FN6O5.C4H4O4/c1-19(2)17-33(21-14-20(15-29-16-21)26(35)32-8-10-38-11-9-32)27(36)25-24(18-39-13-12-37-3)34(31-30-25)23-7-5-4-6-22(23)28;5-3(6)1-2-4(7)8/h4-7,19-21,29H,8-18H2,1-3H3;1-2H,(H,5,6)(H,7,8)/t20-,21+;/m1./s1. The van der Waals surface area contributed by atoms with Gasteiger partial charge in [0.1, 0.15) is 17.2 Å². The Labute approximate surface area is 272 Å². The average molecular weight is 663 g/mol. The van der Waals surface area contributed by atoms with Gasteiger partial charge in [0, 0.05) is 58.0 Å². The molecule has 0 spiro atoms. The van der Waals surface area contributed by atoms with E-state index in [0.29, 0.717) is 83.4 Å². The molecule has 0 unspecified atom stereocenters. The molecule has 4 rings (SSSR count). The number of hydrogen-bond acceptors (Lipinski definition) is 10. The molecule has 0 radical (unpaired) electrons. The number of nitrogens with zero attached hydrogens (tertiary/aromatic N) is 5. The van der Waals surface area contributed by atoms with Crippen LogP contribution in [0.2, 0.25) is 0 Å². The summed E-state index contributed by atoms with van der Waals surface area (Å²) in [6.07, 6.45) is 1.66. The van der Waals surface area contributed by atoms with E-state index in [1.807, 2.05) is 18.7 Å². The Morgan fingerprint density at radius 2 is 1.79 bits per heavy atom. The molecule has 2 aliphatic heterocycles. The Morgan fingerprint density at radius 3 is 2.40 bits per heavy atom. The van der Waals surface area contributed by atoms with Crippen LogP contribution >= 0.6 is 0 Å². The maximum absolute atomic E-state index is 14.7. The number of methoxy groups -OCH3 is 1. The van der Waals surface area contributed by atoms with E-state index in [2.05, 4.69) is 15.6 Å². The number of carbonyl (C=O) groups is 4. The fourth-order valence-electron chi connectivity index (χ4n) is 5.18. The third kappa shape index (κ3) is 11.2. The fourth-order valence-corrected chi connectivity index (χ4v) is 5.18. The van der Waals surface area contributed by atoms with E-state index < -0.39 is 17.8 Å². The lowest BCUT2D eigenvalue weighted by atomic mass is 9.92. The molecule has 3 heterocycles. The molecule has 47 heavy (non-hydrogen) atoms. The summed E-state index contributed by atoms with van der Waals surface area (Å²) in [4.78, 5) is 50.1. The van der Waals surface area contributed by atoms with Gasteiger partial charge < -0.3 is 39.5 Å². The van der Waals surface area contributed by atoms with E-state index in [1.165, 1.54) is 10.7 Å². The number of carboxylic acid groups (broad SMARTS) is 2. The van der Waals surface area contributed by atoms with Gasteiger partial charge in [-0.25, -0.2) is 18.7 Å². The van der Waals surface area contributed by atoms with Gasteiger partial charge in [-0.2, -0.15) is 0 Å². The molecule has 1 aromatic heterocycles. The van der Waals surface area contributed by atoms with Gasteiger partial charge in [0.15, 0.2) is 5.69 Å². The van der Waals surface area contributed by atoms with Crippen molar-refractivity contribution < 1.29 is 48.0 Å². The van der Waals surface area contributed by atoms with Crippen molar-refractivity contribution in [1.29, 1.82) is 0 Å². The number of piperidine rings is 1. The molecule has 0 saturated carbocycles. The molecule has 2 amide bonds. The Kier molecular flexibility index (Phi) is 14.9. The predicted octanol–water partition coefficient (Wildman–Crippen LogP) is 1.22. The molecule has 2 aromatic rings. The van der Waals surface area contributed by atoms with Crippen LogP contribution in [0.15, 0.2) is 36.4 Å². The van der Waals surface area contributed by atoms with Gasteiger partial charge in [0.05, 0.1) is 39.0 Å². The van der Waals surface area contributed by atoms with Crippen molar-refractivity contribution >= 4 is 23.8 Å². The highest BCUT2D eigenvalue weighted by Gasteiger charge is 2.37. The van der Waals surface area contributed by atoms with Crippen molar-refractivity contribution in [1.82, 2.24) is 30.1 Å². The minimum Gasteiger partial charge on any atom is -0.478 e. The van der Waals surface area contributed by atoms with Crippen molar-refractivity contribution in [2.24, 2.45) is 11.8 Å². The number of aromatic nitrogens is 3. The number of nitrogens with one attached hydrogen (secondary N) is 1. The summed E-state index contributed by atoms with van der Waals surface area (Å²) < 4.78 is 32.2. The largest absolute Gasteiger partial charge is 0.478 e. The van der Waals surface area contributed by atoms with Gasteiger partial charge >= 0.3 is 11.9 Å². The summed E-state index contributed by atoms with van der Waals surface area (Å²) in [6.45, 7) is 8.60. The van der Waals surface area contributed by atoms with Crippen LogP contribution in [-0.4, -0.2) is 131 Å². The first-order valence-electron chi connectivity index (χ1n) is 15.3. The van der Waals surface area contributed by atoms with Crippen molar-refractivity contribution in [2.75, 3.05) is 66.3 Å². The molecule has 16 heteroatoms. The Hall–Kier alpha value is -4.25. The Balaban J connectivity index is 0.000000665. The van der Waals surface area contributed by atoms with Gasteiger partial charge in [-0.15, -0.1) is 5.10 Å². The smallest absolute Gasteiger partial charge is 0.328 e. The first-order valence-corrected chi connectivity index (χ1v) is 15.3. The maximum Gasteiger partial charge on any atom is 0.328 e. The minimum absolute atomic E-state index is 0.00233. The van der Waals surface area contributed by atoms with E-state index in [-0.39, 0.29) is 47.7 Å². The molecule has 2 saturated heterocycles. The SMILES string of the molecule is COCCOCc1c(C(=O)N(CC(C)C)[C@@H]2CNC[C@H](C(=O)N3CCOCC3)C2)nnn1-c1ccccc1F.O=C(O)C=CC(=O)O. The topological polar surface area (TPSA) is 186 Å². The van der Waals surface area contributed by atoms with Crippen molar-refractivity contribution in [3.63, 3.8) is 0 Å². The molecule has 15 nitrogen and oxygen atoms in total. The van der Waals surface area contributed by atoms with Gasteiger partial charge in [0.2, 0.25) is 5.91 Å². The minimum atomic E-state index is -1.26. The molecule has 0 bridgehead atoms. The number of amides is 2. The summed E-state index contributed by atoms with van der Waals surface area (Å²) in [5.41, 5.74) is 0.651. The van der Waals surface area contributed by atoms with Crippen LogP contribution < -0.4 is 5.32 Å². The molecule has 2 fully saturated rings. The number of hydrogen-bond donors (Lipinski definition) is 3. The second-order valence-electron chi connectivity index (χ2n) is 11.3. The summed E-state index contributed by atoms with van der Waals surface area (Å²) in [5, 5.41) is 27.4. The van der Waals surface area contributed by atoms with Crippen LogP contribution in [-0.2, 0) is 35.2 Å². The molecular formula is C31H43FN6O9. The number of halogens is 1. The van der Waals surface area contributed by atoms with Crippen molar-refractivity contribution in [3.05, 3.63) is 53.6 Å². The molecule has 3 N–H and O–H groups in total. The average Bonchev–Trinajstić information content (AvgIpc) is 3.48. The van der Waals surface area contributed by atoms with Gasteiger partial charge in [0.25, 0.3) is 5.91 Å². The Bertz CT molecular complexity index is 1360. The number of carbonyl (C=O) groups excluding carboxylic acids is 2. The van der Waals surface area contributed by atoms with Crippen LogP contribution in [0.5, 0.6) is 0 Å². The van der Waals surface area contributed by atoms with E-state index in [4.69, 9.17) is 24.4 Å². The summed E-state index contributed by atoms with van der Waals surface area (Å²) in [5.74, 6) is -3.30. The summed E-state index contributed by atoms with van der Waals surface area (Å²) in [6, 6.07) is 5.98. The van der Waals surface area contributed by atoms with Crippen LogP contribution in [0.1, 0.15) is 36.5 Å². The monoisotopic (exact) mass is 662 g/mol. The van der Waals surface area contributed by atoms with Gasteiger partial charge in [-0.05, 0) is 24.5 Å². The number of morpholine rings is 1. The third-order valence-corrected chi connectivity index (χ3v) is 7.35. The number of para-hydroxylation sites is 1. The Morgan fingerprint density at radius 1 is 1.11 bits per heavy atom. The van der Waals surface area contributed by atoms with E-state index >= 15 is 0 Å². The number of carboxylic acids is 2. The second-order valence-corrected chi connectivity index (χ2v) is 11.3. The quantitative estimate of drug-likeness (QED) is 0.206. The van der Waals surface area contributed by atoms with Gasteiger partial charge in [-0.1, -0.05) is 31.2 Å². The summed E-state index contributed by atoms with van der Waals surface area (Å²) >= 11 is 0. The highest BCUT2D eigenvalue weighted by atomic mass is 19.1. The normalized spacial score (nSPS) is 18.1. The highest BCUT2D eigenvalue weighted by molar-refractivity contribution is 5.94. The number of rotatable bonds is 13.